The predicted molar refractivity (Wildman–Crippen MR) is 242 cm³/mol. The van der Waals surface area contributed by atoms with Crippen LogP contribution >= 0.6 is 0 Å². The Balaban J connectivity index is 0.00000683. The van der Waals surface area contributed by atoms with Crippen molar-refractivity contribution in [3.63, 3.8) is 0 Å². The molecule has 1 aliphatic carbocycles. The molecule has 3 aliphatic rings. The fourth-order valence-electron chi connectivity index (χ4n) is 9.07. The number of unbranched alkanes of at least 4 members (excludes halogenated alkanes) is 1. The number of rotatable bonds is 17. The van der Waals surface area contributed by atoms with Crippen molar-refractivity contribution in [3.8, 4) is 0 Å². The first-order valence-corrected chi connectivity index (χ1v) is 21.8. The second kappa shape index (κ2) is 20.5. The van der Waals surface area contributed by atoms with E-state index in [0.29, 0.717) is 40.2 Å². The molecule has 1 saturated heterocycles. The van der Waals surface area contributed by atoms with E-state index in [9.17, 15) is 14.4 Å². The van der Waals surface area contributed by atoms with Crippen LogP contribution in [0.4, 0.5) is 0 Å². The molecule has 6 rings (SSSR count). The van der Waals surface area contributed by atoms with Crippen molar-refractivity contribution in [1.29, 1.82) is 0 Å². The van der Waals surface area contributed by atoms with Crippen molar-refractivity contribution in [1.82, 2.24) is 15.0 Å². The Hall–Kier alpha value is -4.28. The largest absolute Gasteiger partial charge is 2.00 e. The molecule has 0 N–H and O–H groups in total. The molecule has 0 saturated carbocycles. The minimum Gasteiger partial charge on any atom is -0.664 e. The summed E-state index contributed by atoms with van der Waals surface area (Å²) in [6.07, 6.45) is 21.5. The molecule has 2 aliphatic heterocycles. The van der Waals surface area contributed by atoms with Gasteiger partial charge in [0.25, 0.3) is 0 Å². The average Bonchev–Trinajstić information content (AvgIpc) is 3.96. The van der Waals surface area contributed by atoms with Gasteiger partial charge in [-0.2, -0.15) is 11.4 Å². The topological polar surface area (TPSA) is 126 Å². The third-order valence-corrected chi connectivity index (χ3v) is 13.1. The molecule has 0 amide bonds. The Morgan fingerprint density at radius 3 is 2.28 bits per heavy atom. The van der Waals surface area contributed by atoms with Crippen molar-refractivity contribution >= 4 is 70.7 Å². The van der Waals surface area contributed by atoms with Gasteiger partial charge < -0.3 is 29.7 Å². The number of aromatic nitrogens is 3. The molecule has 8 bridgehead atoms. The maximum absolute atomic E-state index is 14.3. The molecule has 60 heavy (non-hydrogen) atoms. The summed E-state index contributed by atoms with van der Waals surface area (Å²) in [5.41, 5.74) is 9.45. The van der Waals surface area contributed by atoms with Crippen molar-refractivity contribution in [2.24, 2.45) is 29.6 Å². The number of fused-ring (bicyclic) bond motifs is 7. The van der Waals surface area contributed by atoms with E-state index >= 15 is 0 Å². The number of nitrogens with zero attached hydrogens (tertiary/aromatic N) is 4. The van der Waals surface area contributed by atoms with Crippen LogP contribution in [-0.2, 0) is 25.5 Å². The Labute approximate surface area is 372 Å². The van der Waals surface area contributed by atoms with Crippen molar-refractivity contribution in [3.05, 3.63) is 102 Å². The van der Waals surface area contributed by atoms with E-state index in [0.717, 1.165) is 81.1 Å². The monoisotopic (exact) mass is 822 g/mol. The molecule has 0 radical (unpaired) electrons. The molecule has 0 unspecified atom stereocenters. The summed E-state index contributed by atoms with van der Waals surface area (Å²) in [6.45, 7) is 21.4. The first-order chi connectivity index (χ1) is 28.3. The Morgan fingerprint density at radius 2 is 1.58 bits per heavy atom. The van der Waals surface area contributed by atoms with E-state index in [4.69, 9.17) is 29.7 Å². The number of esters is 2. The van der Waals surface area contributed by atoms with Gasteiger partial charge in [-0.15, -0.1) is 33.5 Å². The molecule has 0 aromatic carbocycles. The van der Waals surface area contributed by atoms with Gasteiger partial charge in [-0.25, -0.2) is 0 Å². The molecule has 5 atom stereocenters. The van der Waals surface area contributed by atoms with E-state index in [1.54, 1.807) is 0 Å². The van der Waals surface area contributed by atoms with Gasteiger partial charge in [0.1, 0.15) is 12.5 Å². The van der Waals surface area contributed by atoms with Gasteiger partial charge in [0.05, 0.1) is 7.11 Å². The molecular formula is C50H62MgN4O5-2. The third kappa shape index (κ3) is 9.60. The summed E-state index contributed by atoms with van der Waals surface area (Å²) in [7, 11) is 1.29. The van der Waals surface area contributed by atoms with Gasteiger partial charge in [-0.05, 0) is 75.7 Å². The van der Waals surface area contributed by atoms with E-state index in [1.807, 2.05) is 44.2 Å². The second-order valence-corrected chi connectivity index (χ2v) is 17.0. The molecule has 10 heteroatoms. The number of methoxy groups -OCH3 is 1. The normalized spacial score (nSPS) is 22.2. The zero-order valence-electron chi connectivity index (χ0n) is 37.4. The zero-order chi connectivity index (χ0) is 42.5. The molecule has 316 valence electrons. The molecule has 0 spiro atoms. The third-order valence-electron chi connectivity index (χ3n) is 13.1. The number of hydrogen-bond acceptors (Lipinski definition) is 5. The summed E-state index contributed by atoms with van der Waals surface area (Å²) < 4.78 is 10.9. The zero-order valence-corrected chi connectivity index (χ0v) is 38.8. The van der Waals surface area contributed by atoms with Gasteiger partial charge in [-0.1, -0.05) is 138 Å². The average molecular weight is 823 g/mol. The van der Waals surface area contributed by atoms with Gasteiger partial charge in [0.2, 0.25) is 0 Å². The van der Waals surface area contributed by atoms with E-state index in [-0.39, 0.29) is 59.7 Å². The number of Topliss-reactive ketones (excluding diaryl/α,β-unsaturated/α-hetero) is 1. The van der Waals surface area contributed by atoms with Crippen LogP contribution in [-0.4, -0.2) is 54.5 Å². The number of ketones is 1. The van der Waals surface area contributed by atoms with Gasteiger partial charge in [0, 0.05) is 12.0 Å². The van der Waals surface area contributed by atoms with E-state index < -0.39 is 11.9 Å². The predicted octanol–water partition coefficient (Wildman–Crippen LogP) is 8.56. The van der Waals surface area contributed by atoms with Gasteiger partial charge in [0.15, 0.2) is 5.78 Å². The first-order valence-electron chi connectivity index (χ1n) is 21.8. The van der Waals surface area contributed by atoms with E-state index in [1.165, 1.54) is 39.2 Å². The molecule has 3 aromatic heterocycles. The molecule has 1 fully saturated rings. The Kier molecular flexibility index (Phi) is 16.0. The molecule has 3 aromatic rings. The Bertz CT molecular complexity index is 2320. The van der Waals surface area contributed by atoms with E-state index in [2.05, 4.69) is 54.2 Å². The quantitative estimate of drug-likeness (QED) is 0.0436. The fraction of sp³-hybridized carbons (Fsp3) is 0.500. The van der Waals surface area contributed by atoms with Crippen molar-refractivity contribution in [2.45, 2.75) is 120 Å². The number of carbonyl (C=O) groups is 3. The van der Waals surface area contributed by atoms with Crippen LogP contribution in [0.15, 0.2) is 30.1 Å². The Morgan fingerprint density at radius 1 is 0.883 bits per heavy atom. The summed E-state index contributed by atoms with van der Waals surface area (Å²) >= 11 is 0. The minimum absolute atomic E-state index is 0. The van der Waals surface area contributed by atoms with Crippen LogP contribution < -0.4 is 25.7 Å². The number of ether oxygens (including phenoxy) is 2. The van der Waals surface area contributed by atoms with Gasteiger partial charge >= 0.3 is 35.0 Å². The SMILES string of the molecule is C=Cc1c2[n-]c(c1C)/C=C1\[N-]/C(=C3\c4[n-]c(c(C)c4C(=O)[C@@H]3C(=O)OC)/C=c3\[n-]/c(c(C)c3CC)=C\2)[C@@H](CCC(=O)OC/C=C/CCC[C@H](C)CCC[C@H](C)CC)[C@@H]1C.[Mg+2]. The summed E-state index contributed by atoms with van der Waals surface area (Å²) in [6, 6.07) is 0. The minimum atomic E-state index is -1.22. The molecular weight excluding hydrogens is 761 g/mol. The van der Waals surface area contributed by atoms with Crippen LogP contribution in [0.1, 0.15) is 153 Å². The number of allylic oxidation sites excluding steroid dienone is 3. The summed E-state index contributed by atoms with van der Waals surface area (Å²) in [5, 5.41) is 6.81. The van der Waals surface area contributed by atoms with Crippen LogP contribution in [0.25, 0.3) is 35.2 Å². The maximum atomic E-state index is 14.3. The van der Waals surface area contributed by atoms with Crippen molar-refractivity contribution in [2.75, 3.05) is 13.7 Å². The van der Waals surface area contributed by atoms with Crippen LogP contribution in [0, 0.1) is 50.4 Å². The van der Waals surface area contributed by atoms with Crippen LogP contribution in [0.5, 0.6) is 0 Å². The van der Waals surface area contributed by atoms with Crippen molar-refractivity contribution < 1.29 is 23.9 Å². The second-order valence-electron chi connectivity index (χ2n) is 17.0. The summed E-state index contributed by atoms with van der Waals surface area (Å²) in [5.74, 6) is -1.50. The number of carbonyl (C=O) groups excluding carboxylic acids is 3. The fourth-order valence-corrected chi connectivity index (χ4v) is 9.07. The van der Waals surface area contributed by atoms with Crippen LogP contribution in [0.3, 0.4) is 0 Å². The summed E-state index contributed by atoms with van der Waals surface area (Å²) in [4.78, 5) is 56.3. The standard InChI is InChI=1S/C50H63N4O5.Mg/c1-11-28(4)20-18-21-29(5)19-16-14-15-17-24-59-43(55)23-22-36-32(8)39-25-37-30(6)34(12-2)41(51-37)26-38-31(7)35(13-3)42(52-38)27-40-33(9)44-48(54-40)45(47(36)53-39)46(49(44)56)50(57)58-10;/h12,15,17,25-29,32,36,46H,2,11,13-14,16,18-24H2,1,3-10H3,(H-,53,54,56);/q-3;+2/p-1/b17-15+,38-26-,39-25-,42-27-;/t28-,29+,32+,36+,46-;/m1./s1. The smallest absolute Gasteiger partial charge is 0.664 e. The first kappa shape index (κ1) is 46.8. The van der Waals surface area contributed by atoms with Gasteiger partial charge in [-0.3, -0.25) is 14.4 Å². The molecule has 9 nitrogen and oxygen atoms in total. The maximum Gasteiger partial charge on any atom is 2.00 e. The van der Waals surface area contributed by atoms with Crippen LogP contribution in [0.2, 0.25) is 0 Å². The number of hydrogen-bond donors (Lipinski definition) is 0. The molecule has 5 heterocycles.